The summed E-state index contributed by atoms with van der Waals surface area (Å²) in [5.74, 6) is 2.25. The van der Waals surface area contributed by atoms with E-state index in [-0.39, 0.29) is 0 Å². The van der Waals surface area contributed by atoms with Gasteiger partial charge in [-0.15, -0.1) is 11.3 Å². The zero-order valence-electron chi connectivity index (χ0n) is 17.7. The zero-order chi connectivity index (χ0) is 21.6. The van der Waals surface area contributed by atoms with Gasteiger partial charge in [-0.2, -0.15) is 0 Å². The van der Waals surface area contributed by atoms with E-state index < -0.39 is 6.86 Å². The average molecular weight is 437 g/mol. The van der Waals surface area contributed by atoms with E-state index >= 15 is 0 Å². The van der Waals surface area contributed by atoms with Crippen LogP contribution in [-0.2, 0) is 12.8 Å². The van der Waals surface area contributed by atoms with E-state index in [0.717, 1.165) is 58.9 Å². The fraction of sp³-hybridized carbons (Fsp3) is 0.292. The number of thiophene rings is 1. The highest BCUT2D eigenvalue weighted by Crippen LogP contribution is 2.28. The number of benzene rings is 1. The van der Waals surface area contributed by atoms with E-state index in [1.165, 1.54) is 16.6 Å². The summed E-state index contributed by atoms with van der Waals surface area (Å²) in [6.45, 7) is 4.19. The first-order valence-electron chi connectivity index (χ1n) is 10.4. The number of nitrogens with one attached hydrogen (secondary N) is 1. The summed E-state index contributed by atoms with van der Waals surface area (Å²) in [5.41, 5.74) is 3.14. The van der Waals surface area contributed by atoms with Crippen molar-refractivity contribution in [3.05, 3.63) is 64.9 Å². The third kappa shape index (κ3) is 5.17. The van der Waals surface area contributed by atoms with E-state index in [1.807, 2.05) is 6.07 Å². The molecule has 0 fully saturated rings. The van der Waals surface area contributed by atoms with Gasteiger partial charge < -0.3 is 10.1 Å². The summed E-state index contributed by atoms with van der Waals surface area (Å²) in [4.78, 5) is 16.0. The summed E-state index contributed by atoms with van der Waals surface area (Å²) in [6.07, 6.45) is 4.34. The number of hydrogen-bond donors (Lipinski definition) is 1. The van der Waals surface area contributed by atoms with Crippen molar-refractivity contribution >= 4 is 27.4 Å². The Labute approximate surface area is 185 Å². The van der Waals surface area contributed by atoms with Crippen LogP contribution in [0.2, 0.25) is 0 Å². The van der Waals surface area contributed by atoms with Crippen molar-refractivity contribution in [2.45, 2.75) is 33.1 Å². The Morgan fingerprint density at radius 3 is 2.65 bits per heavy atom. The van der Waals surface area contributed by atoms with Gasteiger partial charge in [-0.3, -0.25) is 4.98 Å². The molecule has 3 heterocycles. The molecule has 0 bridgehead atoms. The lowest BCUT2D eigenvalue weighted by atomic mass is 10.1. The Hall–Kier alpha value is -3.06. The normalized spacial score (nSPS) is 11.1. The van der Waals surface area contributed by atoms with E-state index in [4.69, 9.17) is 4.74 Å². The Morgan fingerprint density at radius 2 is 1.94 bits per heavy atom. The van der Waals surface area contributed by atoms with Crippen molar-refractivity contribution in [1.82, 2.24) is 15.0 Å². The molecule has 0 aliphatic rings. The molecule has 160 valence electrons. The van der Waals surface area contributed by atoms with Crippen LogP contribution in [0.4, 0.5) is 10.2 Å². The average Bonchev–Trinajstić information content (AvgIpc) is 3.18. The van der Waals surface area contributed by atoms with E-state index in [0.29, 0.717) is 5.75 Å². The second kappa shape index (κ2) is 9.83. The summed E-state index contributed by atoms with van der Waals surface area (Å²) >= 11 is 1.71. The minimum absolute atomic E-state index is 0.431. The van der Waals surface area contributed by atoms with Gasteiger partial charge in [-0.25, -0.2) is 14.4 Å². The number of fused-ring (bicyclic) bond motifs is 1. The van der Waals surface area contributed by atoms with Gasteiger partial charge >= 0.3 is 0 Å². The molecule has 0 saturated carbocycles. The Morgan fingerprint density at radius 1 is 1.10 bits per heavy atom. The molecule has 0 unspecified atom stereocenters. The quantitative estimate of drug-likeness (QED) is 0.327. The number of hydrogen-bond acceptors (Lipinski definition) is 6. The Balaban J connectivity index is 1.34. The molecule has 0 aliphatic heterocycles. The van der Waals surface area contributed by atoms with Crippen LogP contribution < -0.4 is 10.1 Å². The number of nitrogens with zero attached hydrogens (tertiary/aromatic N) is 3. The second-order valence-electron chi connectivity index (χ2n) is 7.28. The van der Waals surface area contributed by atoms with Crippen molar-refractivity contribution in [1.29, 1.82) is 0 Å². The Kier molecular flexibility index (Phi) is 6.72. The van der Waals surface area contributed by atoms with Crippen LogP contribution in [0.3, 0.4) is 0 Å². The van der Waals surface area contributed by atoms with E-state index in [2.05, 4.69) is 64.4 Å². The molecule has 1 aromatic carbocycles. The number of aryl methyl sites for hydroxylation is 3. The molecule has 31 heavy (non-hydrogen) atoms. The molecule has 0 aliphatic carbocycles. The van der Waals surface area contributed by atoms with Crippen LogP contribution in [0.5, 0.6) is 5.75 Å². The summed E-state index contributed by atoms with van der Waals surface area (Å²) < 4.78 is 17.0. The van der Waals surface area contributed by atoms with Crippen molar-refractivity contribution in [2.24, 2.45) is 0 Å². The monoisotopic (exact) mass is 436 g/mol. The van der Waals surface area contributed by atoms with Gasteiger partial charge in [-0.1, -0.05) is 31.2 Å². The molecule has 0 amide bonds. The molecule has 3 aromatic heterocycles. The number of alkyl halides is 1. The van der Waals surface area contributed by atoms with Crippen molar-refractivity contribution < 1.29 is 9.13 Å². The van der Waals surface area contributed by atoms with Gasteiger partial charge in [0, 0.05) is 23.4 Å². The van der Waals surface area contributed by atoms with Gasteiger partial charge in [0.25, 0.3) is 0 Å². The van der Waals surface area contributed by atoms with Gasteiger partial charge in [0.1, 0.15) is 22.2 Å². The SMILES string of the molecule is CCc1nc(NCCCc2ccc(-c3ccc(OCF)cn3)cc2)c2cc(C)sc2n1. The lowest BCUT2D eigenvalue weighted by Crippen LogP contribution is -2.07. The van der Waals surface area contributed by atoms with Crippen LogP contribution in [0.15, 0.2) is 48.7 Å². The van der Waals surface area contributed by atoms with E-state index in [9.17, 15) is 4.39 Å². The molecule has 4 aromatic rings. The highest BCUT2D eigenvalue weighted by molar-refractivity contribution is 7.18. The standard InChI is InChI=1S/C24H25FN4OS/c1-3-22-28-23(20-13-16(2)31-24(20)29-22)26-12-4-5-17-6-8-18(9-7-17)21-11-10-19(14-27-21)30-15-25/h6-11,13-14H,3-5,12,15H2,1-2H3,(H,26,28,29). The van der Waals surface area contributed by atoms with Crippen molar-refractivity contribution in [3.63, 3.8) is 0 Å². The molecule has 0 spiro atoms. The minimum Gasteiger partial charge on any atom is -0.461 e. The number of anilines is 1. The van der Waals surface area contributed by atoms with Gasteiger partial charge in [-0.05, 0) is 43.5 Å². The van der Waals surface area contributed by atoms with Crippen molar-refractivity contribution in [2.75, 3.05) is 18.7 Å². The summed E-state index contributed by atoms with van der Waals surface area (Å²) in [7, 11) is 0. The van der Waals surface area contributed by atoms with Crippen molar-refractivity contribution in [3.8, 4) is 17.0 Å². The molecule has 5 nitrogen and oxygen atoms in total. The minimum atomic E-state index is -0.848. The highest BCUT2D eigenvalue weighted by atomic mass is 32.1. The third-order valence-corrected chi connectivity index (χ3v) is 5.96. The van der Waals surface area contributed by atoms with E-state index in [1.54, 1.807) is 17.4 Å². The molecule has 0 saturated heterocycles. The first-order valence-corrected chi connectivity index (χ1v) is 11.2. The zero-order valence-corrected chi connectivity index (χ0v) is 18.5. The fourth-order valence-electron chi connectivity index (χ4n) is 3.42. The fourth-order valence-corrected chi connectivity index (χ4v) is 4.32. The first-order chi connectivity index (χ1) is 15.2. The van der Waals surface area contributed by atoms with Crippen LogP contribution in [0.25, 0.3) is 21.5 Å². The molecule has 1 N–H and O–H groups in total. The number of rotatable bonds is 9. The highest BCUT2D eigenvalue weighted by Gasteiger charge is 2.09. The third-order valence-electron chi connectivity index (χ3n) is 5.02. The molecular weight excluding hydrogens is 411 g/mol. The largest absolute Gasteiger partial charge is 0.461 e. The smallest absolute Gasteiger partial charge is 0.228 e. The molecule has 0 atom stereocenters. The molecule has 7 heteroatoms. The number of halogens is 1. The van der Waals surface area contributed by atoms with Gasteiger partial charge in [0.15, 0.2) is 0 Å². The topological polar surface area (TPSA) is 59.9 Å². The predicted octanol–water partition coefficient (Wildman–Crippen LogP) is 5.97. The lowest BCUT2D eigenvalue weighted by Gasteiger charge is -2.09. The summed E-state index contributed by atoms with van der Waals surface area (Å²) in [6, 6.07) is 14.1. The maximum atomic E-state index is 12.2. The van der Waals surface area contributed by atoms with Gasteiger partial charge in [0.2, 0.25) is 6.86 Å². The first kappa shape index (κ1) is 21.2. The summed E-state index contributed by atoms with van der Waals surface area (Å²) in [5, 5.41) is 4.62. The number of aromatic nitrogens is 3. The number of pyridine rings is 1. The maximum Gasteiger partial charge on any atom is 0.228 e. The lowest BCUT2D eigenvalue weighted by molar-refractivity contribution is 0.191. The number of ether oxygens (including phenoxy) is 1. The molecule has 0 radical (unpaired) electrons. The second-order valence-corrected chi connectivity index (χ2v) is 8.51. The van der Waals surface area contributed by atoms with Crippen LogP contribution in [0.1, 0.15) is 29.6 Å². The van der Waals surface area contributed by atoms with Gasteiger partial charge in [0.05, 0.1) is 17.3 Å². The van der Waals surface area contributed by atoms with Crippen LogP contribution >= 0.6 is 11.3 Å². The molecular formula is C24H25FN4OS. The van der Waals surface area contributed by atoms with Crippen LogP contribution in [0, 0.1) is 6.92 Å². The molecule has 4 rings (SSSR count). The maximum absolute atomic E-state index is 12.2. The predicted molar refractivity (Wildman–Crippen MR) is 125 cm³/mol. The Bertz CT molecular complexity index is 1140. The van der Waals surface area contributed by atoms with Crippen LogP contribution in [-0.4, -0.2) is 28.4 Å².